The molecule has 0 aliphatic heterocycles. The highest BCUT2D eigenvalue weighted by Gasteiger charge is 2.30. The van der Waals surface area contributed by atoms with Crippen LogP contribution in [0.5, 0.6) is 0 Å². The molecule has 2 rings (SSSR count). The second-order valence-corrected chi connectivity index (χ2v) is 10.6. The van der Waals surface area contributed by atoms with Crippen LogP contribution in [0.15, 0.2) is 48.5 Å². The second-order valence-electron chi connectivity index (χ2n) is 8.71. The van der Waals surface area contributed by atoms with Gasteiger partial charge in [0, 0.05) is 18.7 Å². The maximum atomic E-state index is 13.5. The fourth-order valence-electron chi connectivity index (χ4n) is 3.62. The van der Waals surface area contributed by atoms with E-state index in [1.807, 2.05) is 38.1 Å². The van der Waals surface area contributed by atoms with Gasteiger partial charge in [0.2, 0.25) is 21.8 Å². The first kappa shape index (κ1) is 28.0. The predicted molar refractivity (Wildman–Crippen MR) is 138 cm³/mol. The Bertz CT molecular complexity index is 1160. The lowest BCUT2D eigenvalue weighted by Crippen LogP contribution is -2.51. The number of hydrogen-bond donors (Lipinski definition) is 1. The van der Waals surface area contributed by atoms with Gasteiger partial charge in [-0.25, -0.2) is 8.42 Å². The molecule has 0 unspecified atom stereocenters. The third-order valence-electron chi connectivity index (χ3n) is 5.65. The van der Waals surface area contributed by atoms with Crippen LogP contribution in [0.3, 0.4) is 0 Å². The molecule has 0 saturated heterocycles. The number of hydrogen-bond acceptors (Lipinski definition) is 5. The number of Topliss-reactive ketones (excluding diaryl/α,β-unsaturated/α-hetero) is 1. The molecule has 0 heterocycles. The molecular weight excluding hydrogens is 466 g/mol. The Balaban J connectivity index is 2.39. The monoisotopic (exact) mass is 501 g/mol. The van der Waals surface area contributed by atoms with E-state index in [1.165, 1.54) is 24.0 Å². The van der Waals surface area contributed by atoms with E-state index >= 15 is 0 Å². The molecule has 0 aliphatic rings. The largest absolute Gasteiger partial charge is 0.354 e. The molecular formula is C26H35N3O5S. The fourth-order valence-corrected chi connectivity index (χ4v) is 4.46. The fraction of sp³-hybridized carbons (Fsp3) is 0.423. The summed E-state index contributed by atoms with van der Waals surface area (Å²) in [5, 5.41) is 2.85. The van der Waals surface area contributed by atoms with Gasteiger partial charge in [0.1, 0.15) is 12.6 Å². The van der Waals surface area contributed by atoms with Crippen molar-refractivity contribution in [2.45, 2.75) is 53.1 Å². The summed E-state index contributed by atoms with van der Waals surface area (Å²) in [4.78, 5) is 39.6. The standard InChI is InChI=1S/C26H35N3O5S/c1-6-7-14-27-26(32)20(3)28(17-22-11-8-10-19(2)15-22)25(31)18-29(35(5,33)34)24-13-9-12-23(16-24)21(4)30/h8-13,15-16,20H,6-7,14,17-18H2,1-5H3,(H,27,32)/t20-/m0/s1. The molecule has 9 heteroatoms. The third kappa shape index (κ3) is 8.20. The molecule has 0 aromatic heterocycles. The zero-order valence-electron chi connectivity index (χ0n) is 21.1. The van der Waals surface area contributed by atoms with E-state index in [-0.39, 0.29) is 23.9 Å². The molecule has 0 saturated carbocycles. The third-order valence-corrected chi connectivity index (χ3v) is 6.79. The minimum Gasteiger partial charge on any atom is -0.354 e. The summed E-state index contributed by atoms with van der Waals surface area (Å²) in [6.07, 6.45) is 2.74. The second kappa shape index (κ2) is 12.5. The van der Waals surface area contributed by atoms with Crippen LogP contribution in [-0.4, -0.2) is 56.3 Å². The Morgan fingerprint density at radius 1 is 1.06 bits per heavy atom. The highest BCUT2D eigenvalue weighted by Crippen LogP contribution is 2.21. The van der Waals surface area contributed by atoms with Crippen molar-refractivity contribution in [3.8, 4) is 0 Å². The quantitative estimate of drug-likeness (QED) is 0.355. The normalized spacial score (nSPS) is 12.0. The lowest BCUT2D eigenvalue weighted by Gasteiger charge is -2.31. The van der Waals surface area contributed by atoms with E-state index in [2.05, 4.69) is 5.32 Å². The van der Waals surface area contributed by atoms with Crippen molar-refractivity contribution >= 4 is 33.3 Å². The number of amides is 2. The van der Waals surface area contributed by atoms with Gasteiger partial charge in [0.05, 0.1) is 11.9 Å². The van der Waals surface area contributed by atoms with Gasteiger partial charge >= 0.3 is 0 Å². The molecule has 8 nitrogen and oxygen atoms in total. The van der Waals surface area contributed by atoms with Gasteiger partial charge in [-0.3, -0.25) is 18.7 Å². The van der Waals surface area contributed by atoms with E-state index < -0.39 is 28.5 Å². The highest BCUT2D eigenvalue weighted by atomic mass is 32.2. The molecule has 1 atom stereocenters. The Hall–Kier alpha value is -3.20. The number of nitrogens with one attached hydrogen (secondary N) is 1. The number of carbonyl (C=O) groups excluding carboxylic acids is 3. The molecule has 0 fully saturated rings. The van der Waals surface area contributed by atoms with E-state index in [9.17, 15) is 22.8 Å². The first-order chi connectivity index (χ1) is 16.4. The first-order valence-electron chi connectivity index (χ1n) is 11.7. The van der Waals surface area contributed by atoms with Crippen molar-refractivity contribution in [2.75, 3.05) is 23.7 Å². The van der Waals surface area contributed by atoms with Crippen LogP contribution in [0.2, 0.25) is 0 Å². The molecule has 0 spiro atoms. The van der Waals surface area contributed by atoms with Gasteiger partial charge < -0.3 is 10.2 Å². The van der Waals surface area contributed by atoms with Gasteiger partial charge in [-0.05, 0) is 44.9 Å². The van der Waals surface area contributed by atoms with Crippen LogP contribution in [-0.2, 0) is 26.2 Å². The van der Waals surface area contributed by atoms with Crippen LogP contribution >= 0.6 is 0 Å². The number of anilines is 1. The Labute approximate surface area is 208 Å². The first-order valence-corrected chi connectivity index (χ1v) is 13.5. The smallest absolute Gasteiger partial charge is 0.244 e. The Morgan fingerprint density at radius 2 is 1.74 bits per heavy atom. The number of ketones is 1. The molecule has 0 radical (unpaired) electrons. The Kier molecular flexibility index (Phi) is 10.0. The van der Waals surface area contributed by atoms with Crippen molar-refractivity contribution in [3.63, 3.8) is 0 Å². The molecule has 190 valence electrons. The van der Waals surface area contributed by atoms with E-state index in [4.69, 9.17) is 0 Å². The van der Waals surface area contributed by atoms with Crippen LogP contribution in [0, 0.1) is 6.92 Å². The number of sulfonamides is 1. The number of unbranched alkanes of at least 4 members (excludes halogenated alkanes) is 1. The summed E-state index contributed by atoms with van der Waals surface area (Å²) >= 11 is 0. The summed E-state index contributed by atoms with van der Waals surface area (Å²) in [5.74, 6) is -1.04. The van der Waals surface area contributed by atoms with E-state index in [0.717, 1.165) is 34.5 Å². The van der Waals surface area contributed by atoms with Gasteiger partial charge in [-0.15, -0.1) is 0 Å². The summed E-state index contributed by atoms with van der Waals surface area (Å²) in [7, 11) is -3.86. The topological polar surface area (TPSA) is 104 Å². The Morgan fingerprint density at radius 3 is 2.34 bits per heavy atom. The summed E-state index contributed by atoms with van der Waals surface area (Å²) in [5.41, 5.74) is 2.39. The molecule has 0 bridgehead atoms. The molecule has 2 aromatic carbocycles. The molecule has 1 N–H and O–H groups in total. The summed E-state index contributed by atoms with van der Waals surface area (Å²) in [6.45, 7) is 7.12. The average molecular weight is 502 g/mol. The van der Waals surface area contributed by atoms with Gasteiger partial charge in [-0.2, -0.15) is 0 Å². The molecule has 2 aromatic rings. The van der Waals surface area contributed by atoms with Crippen molar-refractivity contribution < 1.29 is 22.8 Å². The van der Waals surface area contributed by atoms with Gasteiger partial charge in [-0.1, -0.05) is 55.3 Å². The van der Waals surface area contributed by atoms with Crippen LogP contribution in [0.1, 0.15) is 55.1 Å². The van der Waals surface area contributed by atoms with E-state index in [1.54, 1.807) is 19.1 Å². The zero-order chi connectivity index (χ0) is 26.2. The highest BCUT2D eigenvalue weighted by molar-refractivity contribution is 7.92. The van der Waals surface area contributed by atoms with Crippen LogP contribution in [0.4, 0.5) is 5.69 Å². The average Bonchev–Trinajstić information content (AvgIpc) is 2.79. The molecule has 35 heavy (non-hydrogen) atoms. The van der Waals surface area contributed by atoms with Crippen LogP contribution < -0.4 is 9.62 Å². The number of rotatable bonds is 12. The van der Waals surface area contributed by atoms with Crippen molar-refractivity contribution in [2.24, 2.45) is 0 Å². The lowest BCUT2D eigenvalue weighted by atomic mass is 10.1. The number of carbonyl (C=O) groups is 3. The summed E-state index contributed by atoms with van der Waals surface area (Å²) in [6, 6.07) is 12.9. The van der Waals surface area contributed by atoms with Crippen molar-refractivity contribution in [1.82, 2.24) is 10.2 Å². The van der Waals surface area contributed by atoms with Crippen molar-refractivity contribution in [1.29, 1.82) is 0 Å². The number of aryl methyl sites for hydroxylation is 1. The lowest BCUT2D eigenvalue weighted by molar-refractivity contribution is -0.139. The number of nitrogens with zero attached hydrogens (tertiary/aromatic N) is 2. The summed E-state index contributed by atoms with van der Waals surface area (Å²) < 4.78 is 26.3. The minimum absolute atomic E-state index is 0.147. The maximum absolute atomic E-state index is 13.5. The number of benzene rings is 2. The van der Waals surface area contributed by atoms with Gasteiger partial charge in [0.25, 0.3) is 0 Å². The predicted octanol–water partition coefficient (Wildman–Crippen LogP) is 3.30. The van der Waals surface area contributed by atoms with Crippen molar-refractivity contribution in [3.05, 3.63) is 65.2 Å². The van der Waals surface area contributed by atoms with Gasteiger partial charge in [0.15, 0.2) is 5.78 Å². The zero-order valence-corrected chi connectivity index (χ0v) is 21.9. The SMILES string of the molecule is CCCCNC(=O)[C@H](C)N(Cc1cccc(C)c1)C(=O)CN(c1cccc(C(C)=O)c1)S(C)(=O)=O. The minimum atomic E-state index is -3.86. The molecule has 2 amide bonds. The van der Waals surface area contributed by atoms with E-state index in [0.29, 0.717) is 12.1 Å². The molecule has 0 aliphatic carbocycles. The maximum Gasteiger partial charge on any atom is 0.244 e. The van der Waals surface area contributed by atoms with Crippen LogP contribution in [0.25, 0.3) is 0 Å².